The summed E-state index contributed by atoms with van der Waals surface area (Å²) in [6, 6.07) is 5.86. The highest BCUT2D eigenvalue weighted by Gasteiger charge is 2.10. The minimum absolute atomic E-state index is 0.100. The molecule has 0 unspecified atom stereocenters. The summed E-state index contributed by atoms with van der Waals surface area (Å²) in [6.45, 7) is 6.73. The number of amides is 1. The van der Waals surface area contributed by atoms with Crippen molar-refractivity contribution in [2.45, 2.75) is 33.7 Å². The average Bonchev–Trinajstić information content (AvgIpc) is 2.74. The molecule has 0 saturated heterocycles. The van der Waals surface area contributed by atoms with Crippen molar-refractivity contribution >= 4 is 23.8 Å². The predicted octanol–water partition coefficient (Wildman–Crippen LogP) is 2.76. The summed E-state index contributed by atoms with van der Waals surface area (Å²) < 4.78 is 2.36. The number of anilines is 1. The lowest BCUT2D eigenvalue weighted by atomic mass is 10.1. The number of hydrogen-bond donors (Lipinski definition) is 2. The average molecular weight is 290 g/mol. The Balaban J connectivity index is 2.09. The molecule has 2 aromatic rings. The number of H-pyrrole nitrogens is 1. The predicted molar refractivity (Wildman–Crippen MR) is 81.3 cm³/mol. The van der Waals surface area contributed by atoms with Gasteiger partial charge in [-0.1, -0.05) is 6.07 Å². The molecule has 1 heterocycles. The van der Waals surface area contributed by atoms with E-state index in [0.29, 0.717) is 17.1 Å². The van der Waals surface area contributed by atoms with E-state index in [4.69, 9.17) is 12.2 Å². The van der Waals surface area contributed by atoms with Crippen molar-refractivity contribution in [3.63, 3.8) is 0 Å². The summed E-state index contributed by atoms with van der Waals surface area (Å²) in [6.07, 6.45) is 0.202. The molecule has 1 aromatic carbocycles. The Morgan fingerprint density at radius 2 is 2.15 bits per heavy atom. The fourth-order valence-corrected chi connectivity index (χ4v) is 2.26. The minimum atomic E-state index is -0.100. The number of aromatic nitrogens is 3. The van der Waals surface area contributed by atoms with Gasteiger partial charge in [-0.2, -0.15) is 5.10 Å². The van der Waals surface area contributed by atoms with Gasteiger partial charge in [-0.15, -0.1) is 0 Å². The molecule has 6 heteroatoms. The summed E-state index contributed by atoms with van der Waals surface area (Å²) in [4.78, 5) is 12.0. The van der Waals surface area contributed by atoms with Crippen LogP contribution in [0.1, 0.15) is 23.9 Å². The van der Waals surface area contributed by atoms with Crippen LogP contribution >= 0.6 is 12.2 Å². The Kier molecular flexibility index (Phi) is 4.34. The molecule has 0 spiro atoms. The summed E-state index contributed by atoms with van der Waals surface area (Å²) in [5.41, 5.74) is 3.16. The van der Waals surface area contributed by atoms with Crippen molar-refractivity contribution in [1.82, 2.24) is 14.8 Å². The van der Waals surface area contributed by atoms with Gasteiger partial charge in [0.1, 0.15) is 5.82 Å². The lowest BCUT2D eigenvalue weighted by Gasteiger charge is -2.08. The maximum atomic E-state index is 12.0. The van der Waals surface area contributed by atoms with Crippen molar-refractivity contribution in [1.29, 1.82) is 0 Å². The zero-order valence-electron chi connectivity index (χ0n) is 11.9. The number of carbonyl (C=O) groups excluding carboxylic acids is 1. The first-order valence-electron chi connectivity index (χ1n) is 6.52. The highest BCUT2D eigenvalue weighted by Crippen LogP contribution is 2.14. The van der Waals surface area contributed by atoms with Crippen molar-refractivity contribution in [2.24, 2.45) is 0 Å². The second-order valence-corrected chi connectivity index (χ2v) is 5.10. The van der Waals surface area contributed by atoms with Gasteiger partial charge in [0, 0.05) is 12.2 Å². The fraction of sp³-hybridized carbons (Fsp3) is 0.357. The smallest absolute Gasteiger partial charge is 0.232 e. The van der Waals surface area contributed by atoms with E-state index >= 15 is 0 Å². The molecule has 0 aliphatic heterocycles. The van der Waals surface area contributed by atoms with Gasteiger partial charge < -0.3 is 9.88 Å². The van der Waals surface area contributed by atoms with Gasteiger partial charge in [-0.05, 0) is 56.2 Å². The zero-order chi connectivity index (χ0) is 14.7. The SMILES string of the molecule is CCn1c(CC(=O)Nc2ccc(C)c(C)c2)n[nH]c1=S. The molecule has 0 atom stereocenters. The molecule has 106 valence electrons. The van der Waals surface area contributed by atoms with E-state index in [0.717, 1.165) is 11.3 Å². The second-order valence-electron chi connectivity index (χ2n) is 4.71. The monoisotopic (exact) mass is 290 g/mol. The van der Waals surface area contributed by atoms with Crippen LogP contribution in [0.25, 0.3) is 0 Å². The maximum Gasteiger partial charge on any atom is 0.232 e. The molecule has 1 aromatic heterocycles. The van der Waals surface area contributed by atoms with Gasteiger partial charge >= 0.3 is 0 Å². The zero-order valence-corrected chi connectivity index (χ0v) is 12.7. The van der Waals surface area contributed by atoms with E-state index in [9.17, 15) is 4.79 Å². The van der Waals surface area contributed by atoms with Crippen LogP contribution in [0.5, 0.6) is 0 Å². The van der Waals surface area contributed by atoms with Crippen LogP contribution in [0.2, 0.25) is 0 Å². The normalized spacial score (nSPS) is 10.6. The highest BCUT2D eigenvalue weighted by molar-refractivity contribution is 7.71. The number of hydrogen-bond acceptors (Lipinski definition) is 3. The molecule has 1 amide bonds. The molecule has 0 bridgehead atoms. The molecule has 2 N–H and O–H groups in total. The lowest BCUT2D eigenvalue weighted by molar-refractivity contribution is -0.115. The van der Waals surface area contributed by atoms with Crippen LogP contribution < -0.4 is 5.32 Å². The standard InChI is InChI=1S/C14H18N4OS/c1-4-18-12(16-17-14(18)20)8-13(19)15-11-6-5-9(2)10(3)7-11/h5-7H,4,8H2,1-3H3,(H,15,19)(H,17,20). The number of nitrogens with one attached hydrogen (secondary N) is 2. The Bertz CT molecular complexity index is 687. The molecule has 0 radical (unpaired) electrons. The first kappa shape index (κ1) is 14.5. The van der Waals surface area contributed by atoms with Crippen LogP contribution in [-0.4, -0.2) is 20.7 Å². The Hall–Kier alpha value is -1.95. The number of benzene rings is 1. The number of carbonyl (C=O) groups is 1. The van der Waals surface area contributed by atoms with E-state index in [1.54, 1.807) is 0 Å². The third-order valence-corrected chi connectivity index (χ3v) is 3.57. The second kappa shape index (κ2) is 6.00. The van der Waals surface area contributed by atoms with Gasteiger partial charge in [0.05, 0.1) is 6.42 Å². The molecule has 0 fully saturated rings. The summed E-state index contributed by atoms with van der Waals surface area (Å²) in [5.74, 6) is 0.552. The van der Waals surface area contributed by atoms with Crippen LogP contribution in [-0.2, 0) is 17.8 Å². The number of nitrogens with zero attached hydrogens (tertiary/aromatic N) is 2. The molecule has 0 saturated carbocycles. The van der Waals surface area contributed by atoms with E-state index in [-0.39, 0.29) is 12.3 Å². The van der Waals surface area contributed by atoms with Crippen molar-refractivity contribution in [3.8, 4) is 0 Å². The van der Waals surface area contributed by atoms with E-state index in [2.05, 4.69) is 15.5 Å². The van der Waals surface area contributed by atoms with Crippen LogP contribution in [0.3, 0.4) is 0 Å². The molecular weight excluding hydrogens is 272 g/mol. The van der Waals surface area contributed by atoms with Gasteiger partial charge in [0.25, 0.3) is 0 Å². The molecular formula is C14H18N4OS. The Morgan fingerprint density at radius 1 is 1.40 bits per heavy atom. The van der Waals surface area contributed by atoms with Crippen molar-refractivity contribution in [3.05, 3.63) is 39.9 Å². The van der Waals surface area contributed by atoms with Crippen LogP contribution in [0.4, 0.5) is 5.69 Å². The van der Waals surface area contributed by atoms with E-state index < -0.39 is 0 Å². The molecule has 0 aliphatic carbocycles. The Morgan fingerprint density at radius 3 is 2.80 bits per heavy atom. The first-order valence-corrected chi connectivity index (χ1v) is 6.93. The summed E-state index contributed by atoms with van der Waals surface area (Å²) >= 11 is 5.10. The first-order chi connectivity index (χ1) is 9.51. The quantitative estimate of drug-likeness (QED) is 0.851. The third-order valence-electron chi connectivity index (χ3n) is 3.26. The van der Waals surface area contributed by atoms with Gasteiger partial charge in [-0.3, -0.25) is 9.89 Å². The molecule has 0 aliphatic rings. The maximum absolute atomic E-state index is 12.0. The van der Waals surface area contributed by atoms with Gasteiger partial charge in [-0.25, -0.2) is 0 Å². The van der Waals surface area contributed by atoms with Crippen LogP contribution in [0, 0.1) is 18.6 Å². The topological polar surface area (TPSA) is 62.7 Å². The summed E-state index contributed by atoms with van der Waals surface area (Å²) in [5, 5.41) is 9.67. The fourth-order valence-electron chi connectivity index (χ4n) is 1.98. The summed E-state index contributed by atoms with van der Waals surface area (Å²) in [7, 11) is 0. The molecule has 2 rings (SSSR count). The number of aromatic amines is 1. The largest absolute Gasteiger partial charge is 0.326 e. The van der Waals surface area contributed by atoms with Crippen molar-refractivity contribution < 1.29 is 4.79 Å². The lowest BCUT2D eigenvalue weighted by Crippen LogP contribution is -2.17. The van der Waals surface area contributed by atoms with Crippen molar-refractivity contribution in [2.75, 3.05) is 5.32 Å². The molecule has 5 nitrogen and oxygen atoms in total. The van der Waals surface area contributed by atoms with Crippen LogP contribution in [0.15, 0.2) is 18.2 Å². The highest BCUT2D eigenvalue weighted by atomic mass is 32.1. The van der Waals surface area contributed by atoms with Gasteiger partial charge in [0.15, 0.2) is 4.77 Å². The Labute approximate surface area is 123 Å². The molecule has 20 heavy (non-hydrogen) atoms. The third kappa shape index (κ3) is 3.14. The van der Waals surface area contributed by atoms with Gasteiger partial charge in [0.2, 0.25) is 5.91 Å². The van der Waals surface area contributed by atoms with E-state index in [1.807, 2.05) is 43.5 Å². The number of rotatable bonds is 4. The number of aryl methyl sites for hydroxylation is 2. The van der Waals surface area contributed by atoms with E-state index in [1.165, 1.54) is 5.56 Å². The minimum Gasteiger partial charge on any atom is -0.326 e.